The Kier molecular flexibility index (Phi) is 3.93. The van der Waals surface area contributed by atoms with Gasteiger partial charge in [0.05, 0.1) is 10.7 Å². The third kappa shape index (κ3) is 2.72. The van der Waals surface area contributed by atoms with Crippen molar-refractivity contribution in [3.63, 3.8) is 0 Å². The number of carbonyl (C=O) groups is 1. The summed E-state index contributed by atoms with van der Waals surface area (Å²) in [6.07, 6.45) is 3.42. The molecule has 0 radical (unpaired) electrons. The number of nitrogens with zero attached hydrogens (tertiary/aromatic N) is 1. The van der Waals surface area contributed by atoms with E-state index in [1.54, 1.807) is 24.5 Å². The fraction of sp³-hybridized carbons (Fsp3) is 0. The number of fused-ring (bicyclic) bond motifs is 1. The second kappa shape index (κ2) is 6.28. The summed E-state index contributed by atoms with van der Waals surface area (Å²) in [5, 5.41) is 0.630. The maximum absolute atomic E-state index is 13.2. The van der Waals surface area contributed by atoms with Crippen molar-refractivity contribution >= 4 is 34.0 Å². The maximum atomic E-state index is 13.2. The second-order valence-corrected chi connectivity index (χ2v) is 6.16. The van der Waals surface area contributed by atoms with Gasteiger partial charge in [0, 0.05) is 28.9 Å². The number of rotatable bonds is 3. The van der Waals surface area contributed by atoms with Crippen LogP contribution in [0.1, 0.15) is 16.1 Å². The number of nitrogen functional groups attached to an aromatic ring is 1. The number of ketones is 1. The highest BCUT2D eigenvalue weighted by Gasteiger charge is 2.22. The van der Waals surface area contributed by atoms with Gasteiger partial charge in [0.15, 0.2) is 5.76 Å². The number of benzene rings is 2. The number of carbonyl (C=O) groups excluding carboxylic acids is 1. The summed E-state index contributed by atoms with van der Waals surface area (Å²) in [6, 6.07) is 12.8. The van der Waals surface area contributed by atoms with E-state index in [9.17, 15) is 9.18 Å². The molecular formula is C20H12ClFN2O2. The van der Waals surface area contributed by atoms with E-state index in [1.165, 1.54) is 12.1 Å². The first-order valence-corrected chi connectivity index (χ1v) is 8.14. The number of hydrogen-bond acceptors (Lipinski definition) is 4. The molecule has 0 atom stereocenters. The highest BCUT2D eigenvalue weighted by Crippen LogP contribution is 2.34. The van der Waals surface area contributed by atoms with Crippen LogP contribution in [0.25, 0.3) is 22.1 Å². The van der Waals surface area contributed by atoms with Crippen LogP contribution in [0.3, 0.4) is 0 Å². The van der Waals surface area contributed by atoms with Crippen LogP contribution in [0.4, 0.5) is 10.1 Å². The number of aromatic nitrogens is 1. The van der Waals surface area contributed by atoms with E-state index in [1.807, 2.05) is 18.2 Å². The summed E-state index contributed by atoms with van der Waals surface area (Å²) in [6.45, 7) is 0. The number of furan rings is 1. The van der Waals surface area contributed by atoms with Gasteiger partial charge in [-0.25, -0.2) is 4.39 Å². The van der Waals surface area contributed by atoms with Crippen molar-refractivity contribution < 1.29 is 13.6 Å². The van der Waals surface area contributed by atoms with Crippen LogP contribution in [0.15, 0.2) is 65.3 Å². The van der Waals surface area contributed by atoms with E-state index in [0.29, 0.717) is 11.0 Å². The third-order valence-electron chi connectivity index (χ3n) is 4.11. The molecule has 0 bridgehead atoms. The van der Waals surface area contributed by atoms with Gasteiger partial charge in [-0.3, -0.25) is 9.78 Å². The molecule has 0 amide bonds. The highest BCUT2D eigenvalue weighted by atomic mass is 35.5. The lowest BCUT2D eigenvalue weighted by molar-refractivity contribution is 0.101. The molecule has 2 N–H and O–H groups in total. The Morgan fingerprint density at radius 1 is 1.12 bits per heavy atom. The smallest absolute Gasteiger partial charge is 0.231 e. The minimum Gasteiger partial charge on any atom is -0.450 e. The third-order valence-corrected chi connectivity index (χ3v) is 4.42. The Morgan fingerprint density at radius 3 is 2.69 bits per heavy atom. The molecule has 6 heteroatoms. The van der Waals surface area contributed by atoms with E-state index in [4.69, 9.17) is 21.8 Å². The van der Waals surface area contributed by atoms with Crippen molar-refractivity contribution in [2.75, 3.05) is 5.73 Å². The van der Waals surface area contributed by atoms with Gasteiger partial charge in [0.25, 0.3) is 0 Å². The molecule has 4 aromatic rings. The lowest BCUT2D eigenvalue weighted by Crippen LogP contribution is -2.04. The minimum absolute atomic E-state index is 0.00547. The molecule has 4 nitrogen and oxygen atoms in total. The average Bonchev–Trinajstić information content (AvgIpc) is 2.98. The number of pyridine rings is 1. The second-order valence-electron chi connectivity index (χ2n) is 5.75. The van der Waals surface area contributed by atoms with Gasteiger partial charge < -0.3 is 10.2 Å². The van der Waals surface area contributed by atoms with Gasteiger partial charge in [0.2, 0.25) is 5.78 Å². The van der Waals surface area contributed by atoms with Crippen molar-refractivity contribution in [2.24, 2.45) is 0 Å². The normalized spacial score (nSPS) is 11.0. The molecule has 0 saturated carbocycles. The molecule has 0 spiro atoms. The first kappa shape index (κ1) is 16.3. The molecule has 2 aromatic heterocycles. The Morgan fingerprint density at radius 2 is 1.96 bits per heavy atom. The Bertz CT molecular complexity index is 1140. The van der Waals surface area contributed by atoms with Crippen LogP contribution in [0, 0.1) is 5.82 Å². The van der Waals surface area contributed by atoms with Crippen molar-refractivity contribution in [3.8, 4) is 11.1 Å². The molecule has 26 heavy (non-hydrogen) atoms. The van der Waals surface area contributed by atoms with Gasteiger partial charge >= 0.3 is 0 Å². The van der Waals surface area contributed by atoms with Crippen LogP contribution < -0.4 is 5.73 Å². The van der Waals surface area contributed by atoms with Gasteiger partial charge in [-0.2, -0.15) is 0 Å². The first-order valence-electron chi connectivity index (χ1n) is 7.77. The number of halogens is 2. The molecular weight excluding hydrogens is 355 g/mol. The van der Waals surface area contributed by atoms with Gasteiger partial charge in [-0.15, -0.1) is 0 Å². The number of nitrogens with two attached hydrogens (primary N) is 1. The zero-order chi connectivity index (χ0) is 18.3. The lowest BCUT2D eigenvalue weighted by Gasteiger charge is -2.02. The molecule has 0 saturated heterocycles. The Hall–Kier alpha value is -3.18. The van der Waals surface area contributed by atoms with Crippen LogP contribution in [0.5, 0.6) is 0 Å². The predicted molar refractivity (Wildman–Crippen MR) is 98.7 cm³/mol. The molecule has 0 unspecified atom stereocenters. The SMILES string of the molecule is Nc1c(C(=O)c2ccc(F)cc2Cl)oc2cc(-c3cccnc3)ccc12. The van der Waals surface area contributed by atoms with Crippen LogP contribution in [-0.4, -0.2) is 10.8 Å². The standard InChI is InChI=1S/C20H12ClFN2O2/c21-16-9-13(22)4-6-14(16)19(25)20-18(23)15-5-3-11(8-17(15)26-20)12-2-1-7-24-10-12/h1-10H,23H2. The van der Waals surface area contributed by atoms with E-state index >= 15 is 0 Å². The van der Waals surface area contributed by atoms with Crippen molar-refractivity contribution in [1.82, 2.24) is 4.98 Å². The summed E-state index contributed by atoms with van der Waals surface area (Å²) in [7, 11) is 0. The molecule has 4 rings (SSSR count). The van der Waals surface area contributed by atoms with Gasteiger partial charge in [0.1, 0.15) is 11.4 Å². The predicted octanol–water partition coefficient (Wildman–Crippen LogP) is 5.10. The minimum atomic E-state index is -0.523. The molecule has 2 heterocycles. The molecule has 0 aliphatic rings. The average molecular weight is 367 g/mol. The van der Waals surface area contributed by atoms with Crippen molar-refractivity contribution in [1.29, 1.82) is 0 Å². The number of hydrogen-bond donors (Lipinski definition) is 1. The quantitative estimate of drug-likeness (QED) is 0.512. The van der Waals surface area contributed by atoms with Crippen LogP contribution in [-0.2, 0) is 0 Å². The molecule has 0 aliphatic carbocycles. The van der Waals surface area contributed by atoms with Crippen LogP contribution in [0.2, 0.25) is 5.02 Å². The summed E-state index contributed by atoms with van der Waals surface area (Å²) < 4.78 is 18.9. The van der Waals surface area contributed by atoms with E-state index in [2.05, 4.69) is 4.98 Å². The lowest BCUT2D eigenvalue weighted by atomic mass is 10.0. The van der Waals surface area contributed by atoms with E-state index in [0.717, 1.165) is 17.2 Å². The van der Waals surface area contributed by atoms with Crippen molar-refractivity contribution in [3.05, 3.63) is 83.1 Å². The van der Waals surface area contributed by atoms with E-state index in [-0.39, 0.29) is 22.0 Å². The maximum Gasteiger partial charge on any atom is 0.231 e. The van der Waals surface area contributed by atoms with Gasteiger partial charge in [-0.1, -0.05) is 23.7 Å². The highest BCUT2D eigenvalue weighted by molar-refractivity contribution is 6.35. The van der Waals surface area contributed by atoms with Gasteiger partial charge in [-0.05, 0) is 42.0 Å². The molecule has 0 aliphatic heterocycles. The number of anilines is 1. The zero-order valence-corrected chi connectivity index (χ0v) is 14.1. The fourth-order valence-corrected chi connectivity index (χ4v) is 3.05. The summed E-state index contributed by atoms with van der Waals surface area (Å²) in [5.74, 6) is -1.03. The molecule has 128 valence electrons. The van der Waals surface area contributed by atoms with Crippen molar-refractivity contribution in [2.45, 2.75) is 0 Å². The Labute approximate surface area is 153 Å². The topological polar surface area (TPSA) is 69.1 Å². The van der Waals surface area contributed by atoms with E-state index < -0.39 is 11.6 Å². The summed E-state index contributed by atoms with van der Waals surface area (Å²) in [5.41, 5.74) is 8.74. The largest absolute Gasteiger partial charge is 0.450 e. The summed E-state index contributed by atoms with van der Waals surface area (Å²) in [4.78, 5) is 16.8. The fourth-order valence-electron chi connectivity index (χ4n) is 2.79. The van der Waals surface area contributed by atoms with Crippen LogP contribution >= 0.6 is 11.6 Å². The summed E-state index contributed by atoms with van der Waals surface area (Å²) >= 11 is 5.98. The molecule has 2 aromatic carbocycles. The molecule has 0 fully saturated rings. The first-order chi connectivity index (χ1) is 12.5. The Balaban J connectivity index is 1.81. The zero-order valence-electron chi connectivity index (χ0n) is 13.4. The monoisotopic (exact) mass is 366 g/mol.